The van der Waals surface area contributed by atoms with Gasteiger partial charge in [-0.3, -0.25) is 4.90 Å². The molecule has 1 N–H and O–H groups in total. The van der Waals surface area contributed by atoms with Crippen LogP contribution in [-0.4, -0.2) is 36.6 Å². The Hall–Kier alpha value is -0.0800. The van der Waals surface area contributed by atoms with Gasteiger partial charge in [0.15, 0.2) is 0 Å². The number of nitrogens with zero attached hydrogens (tertiary/aromatic N) is 1. The Balaban J connectivity index is 1.86. The fraction of sp³-hybridized carbons (Fsp3) is 1.00. The molecule has 1 unspecified atom stereocenters. The zero-order valence-corrected chi connectivity index (χ0v) is 7.34. The molecule has 2 fully saturated rings. The minimum atomic E-state index is 0.707. The Kier molecular flexibility index (Phi) is 2.14. The van der Waals surface area contributed by atoms with Crippen molar-refractivity contribution in [2.24, 2.45) is 0 Å². The van der Waals surface area contributed by atoms with E-state index in [1.54, 1.807) is 0 Å². The van der Waals surface area contributed by atoms with E-state index in [1.165, 1.54) is 38.9 Å². The van der Waals surface area contributed by atoms with Gasteiger partial charge in [-0.2, -0.15) is 0 Å². The van der Waals surface area contributed by atoms with Gasteiger partial charge in [0.25, 0.3) is 0 Å². The Morgan fingerprint density at radius 1 is 1.36 bits per heavy atom. The minimum absolute atomic E-state index is 0.707. The molecular weight excluding hydrogens is 136 g/mol. The predicted molar refractivity (Wildman–Crippen MR) is 46.7 cm³/mol. The van der Waals surface area contributed by atoms with Crippen LogP contribution in [0.2, 0.25) is 0 Å². The molecule has 1 aliphatic heterocycles. The number of hydrogen-bond donors (Lipinski definition) is 1. The lowest BCUT2D eigenvalue weighted by atomic mass is 10.3. The number of nitrogens with one attached hydrogen (secondary N) is 1. The Morgan fingerprint density at radius 3 is 2.91 bits per heavy atom. The number of hydrogen-bond acceptors (Lipinski definition) is 2. The molecule has 2 aliphatic rings. The van der Waals surface area contributed by atoms with Crippen molar-refractivity contribution in [1.82, 2.24) is 10.2 Å². The van der Waals surface area contributed by atoms with E-state index in [0.29, 0.717) is 6.04 Å². The minimum Gasteiger partial charge on any atom is -0.313 e. The molecule has 2 nitrogen and oxygen atoms in total. The van der Waals surface area contributed by atoms with E-state index in [9.17, 15) is 0 Å². The van der Waals surface area contributed by atoms with E-state index < -0.39 is 0 Å². The van der Waals surface area contributed by atoms with E-state index in [-0.39, 0.29) is 0 Å². The van der Waals surface area contributed by atoms with Gasteiger partial charge in [0, 0.05) is 18.6 Å². The lowest BCUT2D eigenvalue weighted by Gasteiger charge is -2.21. The van der Waals surface area contributed by atoms with E-state index in [0.717, 1.165) is 6.04 Å². The molecule has 0 aromatic carbocycles. The summed E-state index contributed by atoms with van der Waals surface area (Å²) < 4.78 is 0. The summed E-state index contributed by atoms with van der Waals surface area (Å²) in [7, 11) is 0. The average Bonchev–Trinajstić information content (AvgIpc) is 2.71. The molecule has 2 rings (SSSR count). The van der Waals surface area contributed by atoms with Crippen LogP contribution < -0.4 is 5.32 Å². The Bertz CT molecular complexity index is 132. The molecule has 64 valence electrons. The lowest BCUT2D eigenvalue weighted by molar-refractivity contribution is 0.263. The molecule has 0 aromatic rings. The van der Waals surface area contributed by atoms with Crippen molar-refractivity contribution in [1.29, 1.82) is 0 Å². The van der Waals surface area contributed by atoms with Crippen LogP contribution in [0, 0.1) is 0 Å². The molecule has 0 radical (unpaired) electrons. The quantitative estimate of drug-likeness (QED) is 0.602. The Labute approximate surface area is 69.0 Å². The molecule has 11 heavy (non-hydrogen) atoms. The zero-order chi connectivity index (χ0) is 7.68. The van der Waals surface area contributed by atoms with Crippen molar-refractivity contribution in [3.63, 3.8) is 0 Å². The first-order chi connectivity index (χ1) is 5.36. The van der Waals surface area contributed by atoms with Crippen LogP contribution >= 0.6 is 0 Å². The lowest BCUT2D eigenvalue weighted by Crippen LogP contribution is -2.36. The average molecular weight is 154 g/mol. The molecule has 0 amide bonds. The van der Waals surface area contributed by atoms with Crippen LogP contribution in [-0.2, 0) is 0 Å². The van der Waals surface area contributed by atoms with E-state index >= 15 is 0 Å². The van der Waals surface area contributed by atoms with Crippen molar-refractivity contribution < 1.29 is 0 Å². The molecule has 1 atom stereocenters. The van der Waals surface area contributed by atoms with Crippen LogP contribution in [0.15, 0.2) is 0 Å². The summed E-state index contributed by atoms with van der Waals surface area (Å²) in [5.41, 5.74) is 0. The van der Waals surface area contributed by atoms with E-state index in [2.05, 4.69) is 17.1 Å². The van der Waals surface area contributed by atoms with Gasteiger partial charge in [-0.25, -0.2) is 0 Å². The van der Waals surface area contributed by atoms with Gasteiger partial charge in [0.05, 0.1) is 0 Å². The van der Waals surface area contributed by atoms with Gasteiger partial charge in [-0.1, -0.05) is 0 Å². The van der Waals surface area contributed by atoms with Crippen molar-refractivity contribution in [2.45, 2.75) is 38.3 Å². The smallest absolute Gasteiger partial charge is 0.0166 e. The molecule has 1 aliphatic carbocycles. The van der Waals surface area contributed by atoms with Crippen LogP contribution in [0.25, 0.3) is 0 Å². The van der Waals surface area contributed by atoms with Gasteiger partial charge in [0.2, 0.25) is 0 Å². The van der Waals surface area contributed by atoms with Gasteiger partial charge in [-0.05, 0) is 39.3 Å². The second-order valence-corrected chi connectivity index (χ2v) is 3.93. The SMILES string of the molecule is CC1CN(C2CC2)CCCN1. The third-order valence-corrected chi connectivity index (χ3v) is 2.69. The normalized spacial score (nSPS) is 35.2. The topological polar surface area (TPSA) is 15.3 Å². The highest BCUT2D eigenvalue weighted by molar-refractivity contribution is 4.87. The van der Waals surface area contributed by atoms with Crippen LogP contribution in [0.1, 0.15) is 26.2 Å². The predicted octanol–water partition coefficient (Wildman–Crippen LogP) is 0.833. The fourth-order valence-corrected chi connectivity index (χ4v) is 1.91. The van der Waals surface area contributed by atoms with Gasteiger partial charge in [0.1, 0.15) is 0 Å². The monoisotopic (exact) mass is 154 g/mol. The van der Waals surface area contributed by atoms with Crippen molar-refractivity contribution in [2.75, 3.05) is 19.6 Å². The maximum absolute atomic E-state index is 3.52. The highest BCUT2D eigenvalue weighted by Gasteiger charge is 2.30. The second-order valence-electron chi connectivity index (χ2n) is 3.93. The van der Waals surface area contributed by atoms with Crippen molar-refractivity contribution >= 4 is 0 Å². The van der Waals surface area contributed by atoms with Crippen LogP contribution in [0.5, 0.6) is 0 Å². The molecule has 1 heterocycles. The molecule has 1 saturated carbocycles. The third-order valence-electron chi connectivity index (χ3n) is 2.69. The first-order valence-electron chi connectivity index (χ1n) is 4.83. The summed E-state index contributed by atoms with van der Waals surface area (Å²) in [6.07, 6.45) is 4.24. The summed E-state index contributed by atoms with van der Waals surface area (Å²) in [6.45, 7) is 6.10. The molecule has 0 spiro atoms. The molecule has 2 heteroatoms. The summed E-state index contributed by atoms with van der Waals surface area (Å²) in [4.78, 5) is 2.66. The number of rotatable bonds is 1. The molecule has 0 bridgehead atoms. The van der Waals surface area contributed by atoms with E-state index in [4.69, 9.17) is 0 Å². The standard InChI is InChI=1S/C9H18N2/c1-8-7-11(9-3-4-9)6-2-5-10-8/h8-10H,2-7H2,1H3. The molecular formula is C9H18N2. The summed E-state index contributed by atoms with van der Waals surface area (Å²) in [6, 6.07) is 1.66. The maximum Gasteiger partial charge on any atom is 0.0166 e. The first kappa shape index (κ1) is 7.56. The summed E-state index contributed by atoms with van der Waals surface area (Å²) in [5, 5.41) is 3.52. The van der Waals surface area contributed by atoms with Gasteiger partial charge >= 0.3 is 0 Å². The highest BCUT2D eigenvalue weighted by atomic mass is 15.2. The molecule has 1 saturated heterocycles. The van der Waals surface area contributed by atoms with Crippen LogP contribution in [0.4, 0.5) is 0 Å². The fourth-order valence-electron chi connectivity index (χ4n) is 1.91. The van der Waals surface area contributed by atoms with E-state index in [1.807, 2.05) is 0 Å². The summed E-state index contributed by atoms with van der Waals surface area (Å²) in [5.74, 6) is 0. The summed E-state index contributed by atoms with van der Waals surface area (Å²) >= 11 is 0. The zero-order valence-electron chi connectivity index (χ0n) is 7.34. The molecule has 0 aromatic heterocycles. The first-order valence-corrected chi connectivity index (χ1v) is 4.83. The third kappa shape index (κ3) is 1.94. The largest absolute Gasteiger partial charge is 0.313 e. The van der Waals surface area contributed by atoms with Crippen molar-refractivity contribution in [3.8, 4) is 0 Å². The maximum atomic E-state index is 3.52. The highest BCUT2D eigenvalue weighted by Crippen LogP contribution is 2.27. The Morgan fingerprint density at radius 2 is 2.18 bits per heavy atom. The van der Waals surface area contributed by atoms with Crippen molar-refractivity contribution in [3.05, 3.63) is 0 Å². The van der Waals surface area contributed by atoms with Gasteiger partial charge in [-0.15, -0.1) is 0 Å². The second kappa shape index (κ2) is 3.11. The van der Waals surface area contributed by atoms with Crippen LogP contribution in [0.3, 0.4) is 0 Å². The van der Waals surface area contributed by atoms with Gasteiger partial charge < -0.3 is 5.32 Å².